The van der Waals surface area contributed by atoms with Gasteiger partial charge in [0.15, 0.2) is 14.9 Å². The topological polar surface area (TPSA) is 96.7 Å². The molecule has 146 valence electrons. The van der Waals surface area contributed by atoms with Crippen molar-refractivity contribution < 1.29 is 26.6 Å². The van der Waals surface area contributed by atoms with Gasteiger partial charge in [0.2, 0.25) is 0 Å². The molecule has 1 rings (SSSR count). The summed E-state index contributed by atoms with van der Waals surface area (Å²) in [6.45, 7) is 4.21. The van der Waals surface area contributed by atoms with E-state index in [1.807, 2.05) is 0 Å². The van der Waals surface area contributed by atoms with Crippen LogP contribution in [0.4, 0.5) is 0 Å². The van der Waals surface area contributed by atoms with Gasteiger partial charge in [0.1, 0.15) is 5.02 Å². The van der Waals surface area contributed by atoms with E-state index in [0.717, 1.165) is 39.9 Å². The monoisotopic (exact) mass is 416 g/mol. The number of rotatable bonds is 12. The van der Waals surface area contributed by atoms with Crippen molar-refractivity contribution in [1.82, 2.24) is 9.78 Å². The molecule has 0 N–H and O–H groups in total. The fourth-order valence-corrected chi connectivity index (χ4v) is 4.98. The normalized spacial score (nSPS) is 12.5. The Hall–Kier alpha value is -0.600. The van der Waals surface area contributed by atoms with Gasteiger partial charge in [-0.25, -0.2) is 17.7 Å². The third-order valence-corrected chi connectivity index (χ3v) is 7.15. The van der Waals surface area contributed by atoms with Gasteiger partial charge in [0, 0.05) is 20.8 Å². The minimum Gasteiger partial charge on any atom is -0.382 e. The summed E-state index contributed by atoms with van der Waals surface area (Å²) in [6, 6.07) is 0. The highest BCUT2D eigenvalue weighted by atomic mass is 35.5. The molecule has 0 amide bonds. The third kappa shape index (κ3) is 5.96. The van der Waals surface area contributed by atoms with E-state index in [9.17, 15) is 13.0 Å². The fourth-order valence-electron chi connectivity index (χ4n) is 2.22. The Morgan fingerprint density at radius 3 is 2.28 bits per heavy atom. The number of hydrogen-bond donors (Lipinski definition) is 0. The Labute approximate surface area is 154 Å². The zero-order valence-electron chi connectivity index (χ0n) is 15.0. The van der Waals surface area contributed by atoms with E-state index in [0.29, 0.717) is 13.0 Å². The highest BCUT2D eigenvalue weighted by Gasteiger charge is 2.33. The molecule has 25 heavy (non-hydrogen) atoms. The van der Waals surface area contributed by atoms with Gasteiger partial charge in [-0.3, -0.25) is 9.05 Å². The Morgan fingerprint density at radius 2 is 1.76 bits per heavy atom. The molecule has 0 unspecified atom stereocenters. The fraction of sp³-hybridized carbons (Fsp3) is 0.786. The maximum Gasteiger partial charge on any atom is 0.530 e. The third-order valence-electron chi connectivity index (χ3n) is 3.46. The lowest BCUT2D eigenvalue weighted by Gasteiger charge is -2.12. The summed E-state index contributed by atoms with van der Waals surface area (Å²) in [5.74, 6) is -0.349. The van der Waals surface area contributed by atoms with Crippen LogP contribution in [0.15, 0.2) is 5.03 Å². The smallest absolute Gasteiger partial charge is 0.382 e. The summed E-state index contributed by atoms with van der Waals surface area (Å²) in [4.78, 5) is 0. The first kappa shape index (κ1) is 22.4. The quantitative estimate of drug-likeness (QED) is 0.374. The van der Waals surface area contributed by atoms with Crippen LogP contribution in [0.25, 0.3) is 0 Å². The highest BCUT2D eigenvalue weighted by molar-refractivity contribution is 7.91. The summed E-state index contributed by atoms with van der Waals surface area (Å²) < 4.78 is 53.1. The van der Waals surface area contributed by atoms with Crippen LogP contribution in [0.1, 0.15) is 46.0 Å². The lowest BCUT2D eigenvalue weighted by atomic mass is 10.2. The molecule has 1 aromatic rings. The van der Waals surface area contributed by atoms with Crippen molar-refractivity contribution in [1.29, 1.82) is 0 Å². The summed E-state index contributed by atoms with van der Waals surface area (Å²) in [7, 11) is -5.25. The molecule has 0 saturated carbocycles. The molecule has 8 nitrogen and oxygen atoms in total. The van der Waals surface area contributed by atoms with Gasteiger partial charge in [0.25, 0.3) is 5.88 Å². The van der Waals surface area contributed by atoms with Gasteiger partial charge < -0.3 is 4.52 Å². The van der Waals surface area contributed by atoms with Crippen molar-refractivity contribution in [2.45, 2.75) is 57.5 Å². The molecule has 11 heteroatoms. The number of unbranched alkanes of at least 4 members (excludes halogenated alkanes) is 3. The molecular weight excluding hydrogens is 391 g/mol. The molecule has 0 aliphatic heterocycles. The molecule has 0 bridgehead atoms. The van der Waals surface area contributed by atoms with Crippen LogP contribution >= 0.6 is 19.4 Å². The van der Waals surface area contributed by atoms with E-state index in [4.69, 9.17) is 25.2 Å². The van der Waals surface area contributed by atoms with Crippen LogP contribution in [-0.2, 0) is 30.0 Å². The molecule has 0 aliphatic rings. The van der Waals surface area contributed by atoms with Gasteiger partial charge in [-0.05, 0) is 12.8 Å². The van der Waals surface area contributed by atoms with Crippen LogP contribution in [0.5, 0.6) is 5.88 Å². The Morgan fingerprint density at radius 1 is 1.12 bits per heavy atom. The second kappa shape index (κ2) is 9.92. The first-order valence-electron chi connectivity index (χ1n) is 8.14. The summed E-state index contributed by atoms with van der Waals surface area (Å²) >= 11 is 6.19. The second-order valence-electron chi connectivity index (χ2n) is 5.43. The Kier molecular flexibility index (Phi) is 8.91. The predicted octanol–water partition coefficient (Wildman–Crippen LogP) is 4.08. The van der Waals surface area contributed by atoms with Crippen molar-refractivity contribution >= 4 is 29.3 Å². The molecule has 1 aromatic heterocycles. The van der Waals surface area contributed by atoms with Crippen LogP contribution < -0.4 is 4.52 Å². The van der Waals surface area contributed by atoms with Gasteiger partial charge in [-0.1, -0.05) is 44.7 Å². The molecule has 1 heterocycles. The van der Waals surface area contributed by atoms with E-state index in [2.05, 4.69) is 12.0 Å². The average Bonchev–Trinajstić information content (AvgIpc) is 2.87. The van der Waals surface area contributed by atoms with Crippen molar-refractivity contribution in [3.8, 4) is 5.88 Å². The van der Waals surface area contributed by atoms with Gasteiger partial charge >= 0.3 is 7.82 Å². The summed E-state index contributed by atoms with van der Waals surface area (Å²) in [6.07, 6.45) is 4.21. The standard InChI is InChI=1S/C14H26ClN2O6PS/c1-5-7-8-9-10-17-14(25(19,20)11-6-2)12(15)13(16-17)23-24(18,21-3)22-4/h5-11H2,1-4H3. The average molecular weight is 417 g/mol. The molecule has 0 aliphatic carbocycles. The molecular formula is C14H26ClN2O6PS. The lowest BCUT2D eigenvalue weighted by molar-refractivity contribution is 0.208. The minimum absolute atomic E-state index is 0.0704. The van der Waals surface area contributed by atoms with Gasteiger partial charge in [-0.15, -0.1) is 5.10 Å². The zero-order chi connectivity index (χ0) is 19.1. The second-order valence-corrected chi connectivity index (χ2v) is 9.64. The minimum atomic E-state index is -3.90. The van der Waals surface area contributed by atoms with E-state index in [1.165, 1.54) is 4.68 Å². The number of phosphoric acid groups is 1. The van der Waals surface area contributed by atoms with Gasteiger partial charge in [-0.2, -0.15) is 0 Å². The summed E-state index contributed by atoms with van der Waals surface area (Å²) in [5.41, 5.74) is 0. The SMILES string of the molecule is CCCCCCn1nc(OP(=O)(OC)OC)c(Cl)c1S(=O)(=O)CCC. The van der Waals surface area contributed by atoms with Crippen LogP contribution in [0.2, 0.25) is 5.02 Å². The van der Waals surface area contributed by atoms with Crippen molar-refractivity contribution in [3.63, 3.8) is 0 Å². The number of halogens is 1. The largest absolute Gasteiger partial charge is 0.530 e. The molecule has 0 radical (unpaired) electrons. The van der Waals surface area contributed by atoms with E-state index >= 15 is 0 Å². The van der Waals surface area contributed by atoms with Crippen molar-refractivity contribution in [2.75, 3.05) is 20.0 Å². The number of sulfone groups is 1. The lowest BCUT2D eigenvalue weighted by Crippen LogP contribution is -2.14. The molecule has 0 spiro atoms. The van der Waals surface area contributed by atoms with E-state index in [1.54, 1.807) is 6.92 Å². The number of nitrogens with zero attached hydrogens (tertiary/aromatic N) is 2. The molecule has 0 fully saturated rings. The van der Waals surface area contributed by atoms with Crippen molar-refractivity contribution in [3.05, 3.63) is 5.02 Å². The number of hydrogen-bond acceptors (Lipinski definition) is 7. The van der Waals surface area contributed by atoms with Crippen LogP contribution in [0.3, 0.4) is 0 Å². The van der Waals surface area contributed by atoms with Crippen molar-refractivity contribution in [2.24, 2.45) is 0 Å². The number of phosphoric ester groups is 1. The maximum absolute atomic E-state index is 12.5. The Balaban J connectivity index is 3.24. The van der Waals surface area contributed by atoms with E-state index < -0.39 is 17.7 Å². The molecule has 0 atom stereocenters. The van der Waals surface area contributed by atoms with Gasteiger partial charge in [0.05, 0.1) is 5.75 Å². The highest BCUT2D eigenvalue weighted by Crippen LogP contribution is 2.49. The predicted molar refractivity (Wildman–Crippen MR) is 96.0 cm³/mol. The maximum atomic E-state index is 12.5. The summed E-state index contributed by atoms with van der Waals surface area (Å²) in [5, 5.41) is 3.75. The molecule has 0 saturated heterocycles. The van der Waals surface area contributed by atoms with Crippen LogP contribution in [-0.4, -0.2) is 38.2 Å². The zero-order valence-corrected chi connectivity index (χ0v) is 17.5. The number of aryl methyl sites for hydroxylation is 1. The van der Waals surface area contributed by atoms with Crippen LogP contribution in [0, 0.1) is 0 Å². The first-order valence-corrected chi connectivity index (χ1v) is 11.6. The first-order chi connectivity index (χ1) is 11.7. The number of aromatic nitrogens is 2. The molecule has 0 aromatic carbocycles. The Bertz CT molecular complexity index is 698. The van der Waals surface area contributed by atoms with E-state index in [-0.39, 0.29) is 21.7 Å².